The van der Waals surface area contributed by atoms with Gasteiger partial charge in [0.2, 0.25) is 11.7 Å². The van der Waals surface area contributed by atoms with Crippen LogP contribution in [0.25, 0.3) is 66.9 Å². The molecule has 113 heavy (non-hydrogen) atoms. The van der Waals surface area contributed by atoms with Crippen LogP contribution in [-0.2, 0) is 27.6 Å². The molecule has 29 heteroatoms. The highest BCUT2D eigenvalue weighted by Crippen LogP contribution is 2.41. The van der Waals surface area contributed by atoms with E-state index in [0.717, 1.165) is 138 Å². The van der Waals surface area contributed by atoms with E-state index in [4.69, 9.17) is 59.7 Å². The fourth-order valence-corrected chi connectivity index (χ4v) is 12.3. The molecular formula is C84H78ClN21O7. The van der Waals surface area contributed by atoms with Crippen LogP contribution in [0, 0.1) is 23.7 Å². The van der Waals surface area contributed by atoms with Gasteiger partial charge in [0.1, 0.15) is 45.9 Å². The van der Waals surface area contributed by atoms with Gasteiger partial charge in [-0.3, -0.25) is 29.0 Å². The van der Waals surface area contributed by atoms with Crippen LogP contribution in [0.15, 0.2) is 208 Å². The summed E-state index contributed by atoms with van der Waals surface area (Å²) in [4.78, 5) is 60.4. The van der Waals surface area contributed by atoms with Crippen molar-refractivity contribution in [2.24, 2.45) is 21.1 Å². The highest BCUT2D eigenvalue weighted by molar-refractivity contribution is 6.30. The number of rotatable bonds is 22. The Labute approximate surface area is 657 Å². The Bertz CT molecular complexity index is 5930. The molecule has 0 saturated heterocycles. The Kier molecular flexibility index (Phi) is 24.0. The van der Waals surface area contributed by atoms with Crippen molar-refractivity contribution < 1.29 is 33.2 Å². The van der Waals surface area contributed by atoms with Gasteiger partial charge in [0.25, 0.3) is 0 Å². The third-order valence-electron chi connectivity index (χ3n) is 17.7. The summed E-state index contributed by atoms with van der Waals surface area (Å²) in [6.07, 6.45) is 26.2. The van der Waals surface area contributed by atoms with Crippen LogP contribution in [0.5, 0.6) is 40.4 Å². The highest BCUT2D eigenvalue weighted by Gasteiger charge is 2.29. The quantitative estimate of drug-likeness (QED) is 0.0570. The number of aromatic nitrogens is 18. The molecule has 0 N–H and O–H groups in total. The number of benzene rings is 6. The molecule has 0 atom stereocenters. The molecule has 28 nitrogen and oxygen atoms in total. The number of halogens is 1. The zero-order valence-corrected chi connectivity index (χ0v) is 64.8. The summed E-state index contributed by atoms with van der Waals surface area (Å²) in [7, 11) is 17.0. The Hall–Kier alpha value is -14.4. The van der Waals surface area contributed by atoms with Crippen molar-refractivity contribution in [3.8, 4) is 97.8 Å². The van der Waals surface area contributed by atoms with Gasteiger partial charge in [-0.2, -0.15) is 20.3 Å². The molecule has 0 amide bonds. The average molecular weight is 1530 g/mol. The average Bonchev–Trinajstić information content (AvgIpc) is 1.09. The Balaban J connectivity index is 0.000000148. The monoisotopic (exact) mass is 1530 g/mol. The number of nitrogens with zero attached hydrogens (tertiary/aromatic N) is 21. The standard InChI is InChI=1S/C30H29N7O3.C27H22ClN7O2.C27H27N7O2/c1-30(2,11-9-28-31-12-10-29(35-28)40-6)37(22-13-23(38-4)16-24(14-22)39-5)21-7-8-25-26(15-21)34-27(18-32-25)20-17-33-36(3)19-20;1-34-17-18(15-32-34)26-16-31-23-7-6-19(13-25(23)33-26)35(10-4-5-24-27(28)30-9-8-29-24)20-11-21(36-2)14-22(12-20)37-3;1-33-18-19(16-31-33)26-17-30-24-8-7-20(14-25(24)32-26)34(11-4-6-27-28-9-5-10-29-27)21-12-22(35-2)15-23(13-21)36-3/h7-8,10,12-19H,1-6H3;6-9,11-17H,10H2,1-3H3;5,7-10,12-18H,4,6,11H2,1-3H3. The number of hydrogen-bond acceptors (Lipinski definition) is 25. The minimum Gasteiger partial charge on any atom is -0.497 e. The molecule has 0 aliphatic carbocycles. The van der Waals surface area contributed by atoms with E-state index in [2.05, 4.69) is 106 Å². The van der Waals surface area contributed by atoms with Crippen molar-refractivity contribution in [3.05, 3.63) is 231 Å². The second-order valence-corrected chi connectivity index (χ2v) is 26.1. The minimum absolute atomic E-state index is 0.258. The number of hydrogen-bond donors (Lipinski definition) is 0. The Morgan fingerprint density at radius 2 is 0.850 bits per heavy atom. The zero-order chi connectivity index (χ0) is 79.0. The van der Waals surface area contributed by atoms with Gasteiger partial charge in [-0.25, -0.2) is 39.9 Å². The molecule has 15 rings (SSSR count). The maximum absolute atomic E-state index is 6.14. The van der Waals surface area contributed by atoms with Gasteiger partial charge < -0.3 is 47.9 Å². The second kappa shape index (κ2) is 35.3. The number of methoxy groups -OCH3 is 7. The van der Waals surface area contributed by atoms with Gasteiger partial charge in [0, 0.05) is 195 Å². The van der Waals surface area contributed by atoms with E-state index in [-0.39, 0.29) is 5.15 Å². The minimum atomic E-state index is -0.744. The first kappa shape index (κ1) is 76.8. The van der Waals surface area contributed by atoms with E-state index >= 15 is 0 Å². The summed E-state index contributed by atoms with van der Waals surface area (Å²) in [5.41, 5.74) is 14.6. The lowest BCUT2D eigenvalue weighted by atomic mass is 10.00. The molecule has 0 unspecified atom stereocenters. The molecule has 6 aromatic carbocycles. The highest BCUT2D eigenvalue weighted by atomic mass is 35.5. The van der Waals surface area contributed by atoms with Crippen LogP contribution in [0.1, 0.15) is 37.6 Å². The molecule has 0 saturated carbocycles. The molecule has 0 radical (unpaired) electrons. The molecule has 0 aliphatic rings. The van der Waals surface area contributed by atoms with Crippen molar-refractivity contribution in [2.45, 2.75) is 32.2 Å². The van der Waals surface area contributed by atoms with Crippen molar-refractivity contribution in [2.75, 3.05) is 77.6 Å². The summed E-state index contributed by atoms with van der Waals surface area (Å²) >= 11 is 6.14. The summed E-state index contributed by atoms with van der Waals surface area (Å²) < 4.78 is 43.7. The summed E-state index contributed by atoms with van der Waals surface area (Å²) in [5, 5.41) is 13.0. The fraction of sp³-hybridized carbons (Fsp3) is 0.202. The molecule has 0 aliphatic heterocycles. The summed E-state index contributed by atoms with van der Waals surface area (Å²) in [5.74, 6) is 18.3. The third-order valence-corrected chi connectivity index (χ3v) is 18.0. The SMILES string of the molecule is COc1cc(OC)cc(N(CC#Cc2nccnc2Cl)c2ccc3ncc(-c4cnn(C)c4)nc3c2)c1.COc1cc(OC)cc(N(CCCc2ncccn2)c2ccc3ncc(-c4cnn(C)c4)nc3c2)c1.COc1cc(OC)cc(N(c2ccc3ncc(-c4cnn(C)c4)nc3c2)C(C)(C)C#Cc2nccc(OC)n2)c1. The molecule has 0 fully saturated rings. The van der Waals surface area contributed by atoms with E-state index in [1.807, 2.05) is 162 Å². The van der Waals surface area contributed by atoms with Crippen LogP contribution in [-0.4, -0.2) is 158 Å². The van der Waals surface area contributed by atoms with Crippen molar-refractivity contribution in [3.63, 3.8) is 0 Å². The van der Waals surface area contributed by atoms with Crippen LogP contribution >= 0.6 is 11.6 Å². The first-order chi connectivity index (χ1) is 54.9. The summed E-state index contributed by atoms with van der Waals surface area (Å²) in [6.45, 7) is 5.10. The largest absolute Gasteiger partial charge is 0.497 e. The number of anilines is 6. The van der Waals surface area contributed by atoms with E-state index in [1.54, 1.807) is 132 Å². The van der Waals surface area contributed by atoms with Crippen LogP contribution < -0.4 is 47.9 Å². The number of ether oxygens (including phenoxy) is 7. The lowest BCUT2D eigenvalue weighted by Gasteiger charge is -2.37. The normalized spacial score (nSPS) is 10.9. The van der Waals surface area contributed by atoms with E-state index in [0.29, 0.717) is 46.9 Å². The molecule has 0 bridgehead atoms. The lowest BCUT2D eigenvalue weighted by Crippen LogP contribution is -2.39. The van der Waals surface area contributed by atoms with Gasteiger partial charge in [-0.1, -0.05) is 23.4 Å². The van der Waals surface area contributed by atoms with E-state index in [1.165, 1.54) is 6.20 Å². The second-order valence-electron chi connectivity index (χ2n) is 25.8. The van der Waals surface area contributed by atoms with Gasteiger partial charge in [0.15, 0.2) is 10.8 Å². The smallest absolute Gasteiger partial charge is 0.217 e. The Morgan fingerprint density at radius 3 is 1.30 bits per heavy atom. The third kappa shape index (κ3) is 18.8. The lowest BCUT2D eigenvalue weighted by molar-refractivity contribution is 0.394. The van der Waals surface area contributed by atoms with Gasteiger partial charge >= 0.3 is 0 Å². The van der Waals surface area contributed by atoms with Crippen molar-refractivity contribution >= 4 is 78.8 Å². The van der Waals surface area contributed by atoms with Crippen LogP contribution in [0.2, 0.25) is 5.15 Å². The van der Waals surface area contributed by atoms with E-state index < -0.39 is 5.54 Å². The number of fused-ring (bicyclic) bond motifs is 3. The van der Waals surface area contributed by atoms with Gasteiger partial charge in [-0.05, 0) is 92.8 Å². The fourth-order valence-electron chi connectivity index (χ4n) is 12.1. The zero-order valence-electron chi connectivity index (χ0n) is 64.1. The van der Waals surface area contributed by atoms with Crippen molar-refractivity contribution in [1.82, 2.24) is 89.1 Å². The predicted octanol–water partition coefficient (Wildman–Crippen LogP) is 14.1. The molecule has 15 aromatic rings. The topological polar surface area (TPSA) is 282 Å². The molecule has 9 aromatic heterocycles. The van der Waals surface area contributed by atoms with E-state index in [9.17, 15) is 0 Å². The Morgan fingerprint density at radius 1 is 0.407 bits per heavy atom. The van der Waals surface area contributed by atoms with Gasteiger partial charge in [0.05, 0.1) is 144 Å². The molecule has 0 spiro atoms. The summed E-state index contributed by atoms with van der Waals surface area (Å²) in [6, 6.07) is 38.7. The van der Waals surface area contributed by atoms with Crippen molar-refractivity contribution in [1.29, 1.82) is 0 Å². The maximum atomic E-state index is 6.14. The first-order valence-electron chi connectivity index (χ1n) is 35.4. The van der Waals surface area contributed by atoms with Gasteiger partial charge in [-0.15, -0.1) is 0 Å². The number of aryl methyl sites for hydroxylation is 4. The van der Waals surface area contributed by atoms with Crippen LogP contribution in [0.4, 0.5) is 34.1 Å². The molecular weight excluding hydrogens is 1450 g/mol. The first-order valence-corrected chi connectivity index (χ1v) is 35.8. The van der Waals surface area contributed by atoms with Crippen LogP contribution in [0.3, 0.4) is 0 Å². The molecule has 9 heterocycles. The maximum Gasteiger partial charge on any atom is 0.217 e. The predicted molar refractivity (Wildman–Crippen MR) is 434 cm³/mol. The molecule has 568 valence electrons.